The van der Waals surface area contributed by atoms with Gasteiger partial charge in [0.15, 0.2) is 0 Å². The van der Waals surface area contributed by atoms with Crippen molar-refractivity contribution < 1.29 is 4.79 Å². The van der Waals surface area contributed by atoms with Crippen molar-refractivity contribution in [1.29, 1.82) is 5.26 Å². The maximum atomic E-state index is 11.8. The van der Waals surface area contributed by atoms with Gasteiger partial charge in [-0.3, -0.25) is 4.79 Å². The molecule has 0 spiro atoms. The molecule has 1 atom stereocenters. The lowest BCUT2D eigenvalue weighted by Gasteiger charge is -2.22. The fourth-order valence-corrected chi connectivity index (χ4v) is 2.45. The molecule has 0 fully saturated rings. The Morgan fingerprint density at radius 3 is 3.12 bits per heavy atom. The minimum Gasteiger partial charge on any atom is -0.332 e. The molecule has 0 saturated carbocycles. The molecule has 1 heterocycles. The molecule has 0 aliphatic heterocycles. The minimum absolute atomic E-state index is 0.0105. The van der Waals surface area contributed by atoms with Gasteiger partial charge in [-0.25, -0.2) is 4.98 Å². The van der Waals surface area contributed by atoms with Gasteiger partial charge in [0, 0.05) is 17.7 Å². The number of ketones is 1. The van der Waals surface area contributed by atoms with E-state index in [2.05, 4.69) is 23.4 Å². The van der Waals surface area contributed by atoms with E-state index in [1.54, 1.807) is 0 Å². The van der Waals surface area contributed by atoms with Gasteiger partial charge in [-0.15, -0.1) is 0 Å². The molecular formula is C13H17N3O. The van der Waals surface area contributed by atoms with Gasteiger partial charge in [0.25, 0.3) is 0 Å². The van der Waals surface area contributed by atoms with E-state index < -0.39 is 0 Å². The Bertz CT molecular complexity index is 467. The molecule has 1 unspecified atom stereocenters. The molecule has 0 aromatic carbocycles. The lowest BCUT2D eigenvalue weighted by Crippen LogP contribution is -2.24. The second-order valence-electron chi connectivity index (χ2n) is 4.88. The zero-order valence-corrected chi connectivity index (χ0v) is 10.3. The van der Waals surface area contributed by atoms with Gasteiger partial charge in [-0.2, -0.15) is 5.26 Å². The molecular weight excluding hydrogens is 214 g/mol. The summed E-state index contributed by atoms with van der Waals surface area (Å²) in [6.07, 6.45) is 4.34. The highest BCUT2D eigenvalue weighted by molar-refractivity contribution is 5.83. The van der Waals surface area contributed by atoms with Crippen LogP contribution in [0.4, 0.5) is 0 Å². The molecule has 0 bridgehead atoms. The summed E-state index contributed by atoms with van der Waals surface area (Å²) in [5.41, 5.74) is 2.31. The van der Waals surface area contributed by atoms with Gasteiger partial charge in [0.05, 0.1) is 24.5 Å². The van der Waals surface area contributed by atoms with Crippen LogP contribution < -0.4 is 0 Å². The number of imidazole rings is 1. The highest BCUT2D eigenvalue weighted by Crippen LogP contribution is 2.27. The molecule has 4 nitrogen and oxygen atoms in total. The number of aryl methyl sites for hydroxylation is 1. The predicted octanol–water partition coefficient (Wildman–Crippen LogP) is 2.05. The highest BCUT2D eigenvalue weighted by atomic mass is 16.1. The third-order valence-electron chi connectivity index (χ3n) is 3.42. The average Bonchev–Trinajstić information content (AvgIpc) is 2.71. The normalized spacial score (nSPS) is 18.8. The van der Waals surface area contributed by atoms with Crippen molar-refractivity contribution in [2.24, 2.45) is 5.92 Å². The molecule has 4 heteroatoms. The first-order valence-corrected chi connectivity index (χ1v) is 6.07. The van der Waals surface area contributed by atoms with Gasteiger partial charge < -0.3 is 4.57 Å². The quantitative estimate of drug-likeness (QED) is 0.800. The predicted molar refractivity (Wildman–Crippen MR) is 63.4 cm³/mol. The first-order valence-electron chi connectivity index (χ1n) is 6.07. The van der Waals surface area contributed by atoms with Gasteiger partial charge in [0.2, 0.25) is 0 Å². The van der Waals surface area contributed by atoms with E-state index in [4.69, 9.17) is 5.26 Å². The molecule has 0 saturated heterocycles. The number of hydrogen-bond donors (Lipinski definition) is 0. The van der Waals surface area contributed by atoms with E-state index in [9.17, 15) is 4.79 Å². The Morgan fingerprint density at radius 1 is 1.71 bits per heavy atom. The summed E-state index contributed by atoms with van der Waals surface area (Å²) < 4.78 is 2.14. The third kappa shape index (κ3) is 2.23. The van der Waals surface area contributed by atoms with Gasteiger partial charge in [0.1, 0.15) is 5.78 Å². The maximum Gasteiger partial charge on any atom is 0.150 e. The Labute approximate surface area is 101 Å². The number of nitrogens with zero attached hydrogens (tertiary/aromatic N) is 3. The molecule has 1 aliphatic rings. The second-order valence-corrected chi connectivity index (χ2v) is 4.88. The fourth-order valence-electron chi connectivity index (χ4n) is 2.45. The number of nitriles is 1. The first-order chi connectivity index (χ1) is 8.13. The van der Waals surface area contributed by atoms with E-state index >= 15 is 0 Å². The number of Topliss-reactive ketones (excluding diaryl/α,β-unsaturated/α-hetero) is 1. The van der Waals surface area contributed by atoms with Crippen LogP contribution in [0.5, 0.6) is 0 Å². The summed E-state index contributed by atoms with van der Waals surface area (Å²) in [6.45, 7) is 4.23. The first kappa shape index (κ1) is 11.8. The van der Waals surface area contributed by atoms with Crippen molar-refractivity contribution in [3.8, 4) is 6.07 Å². The molecule has 1 aromatic heterocycles. The van der Waals surface area contributed by atoms with Crippen LogP contribution >= 0.6 is 0 Å². The van der Waals surface area contributed by atoms with Crippen molar-refractivity contribution >= 4 is 5.78 Å². The van der Waals surface area contributed by atoms with Crippen molar-refractivity contribution in [3.63, 3.8) is 0 Å². The molecule has 1 aliphatic carbocycles. The maximum absolute atomic E-state index is 11.8. The van der Waals surface area contributed by atoms with Crippen LogP contribution in [0.25, 0.3) is 0 Å². The van der Waals surface area contributed by atoms with Gasteiger partial charge in [-0.1, -0.05) is 0 Å². The minimum atomic E-state index is 0.0105. The highest BCUT2D eigenvalue weighted by Gasteiger charge is 2.27. The molecule has 1 aromatic rings. The molecule has 0 radical (unpaired) electrons. The van der Waals surface area contributed by atoms with E-state index in [1.807, 2.05) is 12.4 Å². The molecule has 0 N–H and O–H groups in total. The van der Waals surface area contributed by atoms with E-state index in [0.29, 0.717) is 6.04 Å². The van der Waals surface area contributed by atoms with E-state index in [0.717, 1.165) is 25.0 Å². The second kappa shape index (κ2) is 4.70. The van der Waals surface area contributed by atoms with Crippen molar-refractivity contribution in [2.75, 3.05) is 0 Å². The van der Waals surface area contributed by atoms with Crippen LogP contribution in [0.3, 0.4) is 0 Å². The van der Waals surface area contributed by atoms with Crippen LogP contribution in [0.1, 0.15) is 44.1 Å². The zero-order valence-electron chi connectivity index (χ0n) is 10.3. The van der Waals surface area contributed by atoms with Crippen molar-refractivity contribution in [3.05, 3.63) is 17.7 Å². The fraction of sp³-hybridized carbons (Fsp3) is 0.615. The topological polar surface area (TPSA) is 58.7 Å². The van der Waals surface area contributed by atoms with E-state index in [-0.39, 0.29) is 18.1 Å². The van der Waals surface area contributed by atoms with Crippen LogP contribution in [0.15, 0.2) is 6.33 Å². The summed E-state index contributed by atoms with van der Waals surface area (Å²) >= 11 is 0. The van der Waals surface area contributed by atoms with Crippen LogP contribution in [0.2, 0.25) is 0 Å². The molecule has 90 valence electrons. The van der Waals surface area contributed by atoms with Crippen LogP contribution in [-0.2, 0) is 17.6 Å². The lowest BCUT2D eigenvalue weighted by atomic mass is 9.85. The number of carbonyl (C=O) groups is 1. The number of rotatable bonds is 3. The number of fused-ring (bicyclic) bond motifs is 1. The molecule has 2 rings (SSSR count). The zero-order chi connectivity index (χ0) is 12.4. The average molecular weight is 231 g/mol. The molecule has 17 heavy (non-hydrogen) atoms. The smallest absolute Gasteiger partial charge is 0.150 e. The Balaban J connectivity index is 2.20. The largest absolute Gasteiger partial charge is 0.332 e. The van der Waals surface area contributed by atoms with E-state index in [1.165, 1.54) is 5.69 Å². The SMILES string of the molecule is CC(C)n1cnc2c1CC(C(=O)CC#N)CC2. The monoisotopic (exact) mass is 231 g/mol. The Kier molecular flexibility index (Phi) is 3.28. The lowest BCUT2D eigenvalue weighted by molar-refractivity contribution is -0.122. The Hall–Kier alpha value is -1.63. The standard InChI is InChI=1S/C13H17N3O/c1-9(2)16-8-15-11-4-3-10(7-12(11)16)13(17)5-6-14/h8-10H,3-5,7H2,1-2H3. The summed E-state index contributed by atoms with van der Waals surface area (Å²) in [5.74, 6) is 0.0889. The summed E-state index contributed by atoms with van der Waals surface area (Å²) in [7, 11) is 0. The van der Waals surface area contributed by atoms with Crippen molar-refractivity contribution in [1.82, 2.24) is 9.55 Å². The number of hydrogen-bond acceptors (Lipinski definition) is 3. The van der Waals surface area contributed by atoms with Gasteiger partial charge >= 0.3 is 0 Å². The summed E-state index contributed by atoms with van der Waals surface area (Å²) in [4.78, 5) is 16.2. The third-order valence-corrected chi connectivity index (χ3v) is 3.42. The summed E-state index contributed by atoms with van der Waals surface area (Å²) in [5, 5.41) is 8.58. The summed E-state index contributed by atoms with van der Waals surface area (Å²) in [6, 6.07) is 2.32. The number of carbonyl (C=O) groups excluding carboxylic acids is 1. The van der Waals surface area contributed by atoms with Crippen molar-refractivity contribution in [2.45, 2.75) is 45.6 Å². The van der Waals surface area contributed by atoms with Gasteiger partial charge in [-0.05, 0) is 33.1 Å². The molecule has 0 amide bonds. The van der Waals surface area contributed by atoms with Crippen LogP contribution in [-0.4, -0.2) is 15.3 Å². The van der Waals surface area contributed by atoms with Crippen LogP contribution in [0, 0.1) is 17.2 Å². The Morgan fingerprint density at radius 2 is 2.47 bits per heavy atom. The number of aromatic nitrogens is 2.